The summed E-state index contributed by atoms with van der Waals surface area (Å²) in [5, 5.41) is 10.7. The highest BCUT2D eigenvalue weighted by molar-refractivity contribution is 6.00. The van der Waals surface area contributed by atoms with E-state index in [4.69, 9.17) is 9.73 Å². The van der Waals surface area contributed by atoms with Gasteiger partial charge in [-0.3, -0.25) is 9.69 Å². The molecule has 5 fully saturated rings. The number of benzene rings is 1. The van der Waals surface area contributed by atoms with E-state index in [9.17, 15) is 10.1 Å². The molecule has 3 saturated heterocycles. The van der Waals surface area contributed by atoms with E-state index in [-0.39, 0.29) is 35.4 Å². The minimum absolute atomic E-state index is 0.0305. The number of hydrogen-bond donors (Lipinski definition) is 0. The smallest absolute Gasteiger partial charge is 0.246 e. The molecule has 1 amide bonds. The van der Waals surface area contributed by atoms with E-state index < -0.39 is 0 Å². The van der Waals surface area contributed by atoms with Crippen molar-refractivity contribution in [3.8, 4) is 6.07 Å². The second-order valence-electron chi connectivity index (χ2n) is 14.4. The molecule has 220 valence electrons. The van der Waals surface area contributed by atoms with Crippen LogP contribution in [0.5, 0.6) is 0 Å². The predicted octanol–water partition coefficient (Wildman–Crippen LogP) is 5.58. The summed E-state index contributed by atoms with van der Waals surface area (Å²) in [6, 6.07) is 9.58. The van der Waals surface area contributed by atoms with Crippen molar-refractivity contribution in [1.29, 1.82) is 5.26 Å². The molecule has 8 aliphatic rings. The minimum atomic E-state index is -0.0820. The van der Waals surface area contributed by atoms with Gasteiger partial charge in [-0.2, -0.15) is 5.26 Å². The largest absolute Gasteiger partial charge is 0.475 e. The molecule has 0 spiro atoms. The predicted molar refractivity (Wildman–Crippen MR) is 166 cm³/mol. The van der Waals surface area contributed by atoms with E-state index in [0.29, 0.717) is 24.0 Å². The average molecular weight is 573 g/mol. The van der Waals surface area contributed by atoms with Gasteiger partial charge in [0.25, 0.3) is 0 Å². The van der Waals surface area contributed by atoms with Gasteiger partial charge in [0.05, 0.1) is 11.6 Å². The van der Waals surface area contributed by atoms with Gasteiger partial charge in [0.15, 0.2) is 0 Å². The SMILES string of the molecule is C=CC(=O)N1CC[C@H]2C(C3=C(C#N)C(OCC45CCCN4CCC5)=NC4C=C(c5cccc6c5C5CC5C6)C=CC34)C[C@H]21. The Balaban J connectivity index is 1.08. The third kappa shape index (κ3) is 3.80. The summed E-state index contributed by atoms with van der Waals surface area (Å²) in [6.07, 6.45) is 17.6. The highest BCUT2D eigenvalue weighted by Gasteiger charge is 2.54. The molecule has 1 aromatic rings. The number of carbonyl (C=O) groups is 1. The van der Waals surface area contributed by atoms with Gasteiger partial charge in [-0.15, -0.1) is 0 Å². The van der Waals surface area contributed by atoms with Gasteiger partial charge in [0, 0.05) is 18.5 Å². The lowest BCUT2D eigenvalue weighted by Gasteiger charge is -2.48. The zero-order chi connectivity index (χ0) is 28.9. The number of nitriles is 1. The summed E-state index contributed by atoms with van der Waals surface area (Å²) in [7, 11) is 0. The van der Waals surface area contributed by atoms with E-state index >= 15 is 0 Å². The van der Waals surface area contributed by atoms with Crippen LogP contribution in [-0.2, 0) is 16.0 Å². The van der Waals surface area contributed by atoms with Crippen LogP contribution in [0.4, 0.5) is 0 Å². The molecule has 6 nitrogen and oxygen atoms in total. The second-order valence-corrected chi connectivity index (χ2v) is 14.4. The summed E-state index contributed by atoms with van der Waals surface area (Å²) >= 11 is 0. The van der Waals surface area contributed by atoms with Crippen molar-refractivity contribution < 1.29 is 9.53 Å². The molecule has 4 aliphatic heterocycles. The fourth-order valence-electron chi connectivity index (χ4n) is 10.3. The maximum absolute atomic E-state index is 12.5. The first-order chi connectivity index (χ1) is 21.1. The van der Waals surface area contributed by atoms with E-state index in [2.05, 4.69) is 54.0 Å². The number of likely N-dealkylation sites (tertiary alicyclic amines) is 1. The molecule has 43 heavy (non-hydrogen) atoms. The van der Waals surface area contributed by atoms with Crippen LogP contribution in [-0.4, -0.2) is 65.5 Å². The van der Waals surface area contributed by atoms with Gasteiger partial charge >= 0.3 is 0 Å². The number of fused-ring (bicyclic) bond motifs is 6. The lowest BCUT2D eigenvalue weighted by molar-refractivity contribution is -0.129. The number of allylic oxidation sites excluding steroid dienone is 2. The molecule has 0 aromatic heterocycles. The monoisotopic (exact) mass is 572 g/mol. The van der Waals surface area contributed by atoms with Crippen molar-refractivity contribution in [2.75, 3.05) is 26.2 Å². The number of amides is 1. The minimum Gasteiger partial charge on any atom is -0.475 e. The third-order valence-corrected chi connectivity index (χ3v) is 12.5. The van der Waals surface area contributed by atoms with Gasteiger partial charge in [-0.05, 0) is 122 Å². The number of carbonyl (C=O) groups excluding carboxylic acids is 1. The summed E-state index contributed by atoms with van der Waals surface area (Å²) < 4.78 is 6.70. The fourth-order valence-corrected chi connectivity index (χ4v) is 10.3. The molecule has 4 aliphatic carbocycles. The van der Waals surface area contributed by atoms with Crippen LogP contribution in [0.2, 0.25) is 0 Å². The van der Waals surface area contributed by atoms with E-state index in [0.717, 1.165) is 44.3 Å². The number of hydrogen-bond acceptors (Lipinski definition) is 5. The van der Waals surface area contributed by atoms with Crippen molar-refractivity contribution in [3.05, 3.63) is 76.9 Å². The molecule has 5 unspecified atom stereocenters. The Hall–Kier alpha value is -3.43. The van der Waals surface area contributed by atoms with Gasteiger partial charge in [-0.25, -0.2) is 4.99 Å². The zero-order valence-corrected chi connectivity index (χ0v) is 24.9. The van der Waals surface area contributed by atoms with Gasteiger partial charge in [-0.1, -0.05) is 43.0 Å². The topological polar surface area (TPSA) is 68.9 Å². The van der Waals surface area contributed by atoms with E-state index in [1.807, 2.05) is 4.90 Å². The Morgan fingerprint density at radius 1 is 1.19 bits per heavy atom. The number of dihydropyridines is 1. The maximum atomic E-state index is 12.5. The van der Waals surface area contributed by atoms with E-state index in [1.54, 1.807) is 5.56 Å². The first kappa shape index (κ1) is 26.0. The molecule has 0 N–H and O–H groups in total. The van der Waals surface area contributed by atoms with Crippen molar-refractivity contribution in [1.82, 2.24) is 9.80 Å². The molecule has 9 rings (SSSR count). The lowest BCUT2D eigenvalue weighted by Crippen LogP contribution is -2.50. The first-order valence-corrected chi connectivity index (χ1v) is 16.6. The van der Waals surface area contributed by atoms with Gasteiger partial charge < -0.3 is 9.64 Å². The van der Waals surface area contributed by atoms with Crippen molar-refractivity contribution >= 4 is 17.4 Å². The zero-order valence-electron chi connectivity index (χ0n) is 24.9. The van der Waals surface area contributed by atoms with Crippen LogP contribution in [0.15, 0.2) is 65.2 Å². The Morgan fingerprint density at radius 2 is 2.05 bits per heavy atom. The Bertz CT molecular complexity index is 1580. The maximum Gasteiger partial charge on any atom is 0.246 e. The molecule has 0 radical (unpaired) electrons. The molecule has 0 bridgehead atoms. The molecule has 1 aromatic carbocycles. The van der Waals surface area contributed by atoms with Crippen LogP contribution < -0.4 is 0 Å². The van der Waals surface area contributed by atoms with Crippen molar-refractivity contribution in [3.63, 3.8) is 0 Å². The van der Waals surface area contributed by atoms with Crippen LogP contribution in [0.25, 0.3) is 5.57 Å². The number of aliphatic imine (C=N–C) groups is 1. The van der Waals surface area contributed by atoms with Crippen molar-refractivity contribution in [2.45, 2.75) is 74.9 Å². The summed E-state index contributed by atoms with van der Waals surface area (Å²) in [5.74, 6) is 2.85. The Labute approximate surface area is 254 Å². The van der Waals surface area contributed by atoms with Crippen LogP contribution >= 0.6 is 0 Å². The Kier molecular flexibility index (Phi) is 5.77. The molecule has 4 heterocycles. The number of ether oxygens (including phenoxy) is 1. The summed E-state index contributed by atoms with van der Waals surface area (Å²) in [5.41, 5.74) is 7.67. The highest BCUT2D eigenvalue weighted by atomic mass is 16.5. The normalized spacial score (nSPS) is 36.0. The van der Waals surface area contributed by atoms with Crippen LogP contribution in [0, 0.1) is 35.0 Å². The standard InChI is InChI=1S/C37H40N4O2/c1-2-33(42)41-15-10-26-29(19-32(26)41)35-27-9-8-22(25-7-3-6-23-16-24-17-28(24)34(23)25)18-31(27)39-36(30(35)20-38)43-21-37-11-4-13-40(37)14-5-12-37/h2-3,6-9,18,24,26-29,31-32H,1,4-5,10-17,19,21H2/t24?,26-,27?,28?,29?,31?,32+/m0/s1. The second kappa shape index (κ2) is 9.53. The van der Waals surface area contributed by atoms with E-state index in [1.165, 1.54) is 66.9 Å². The fraction of sp³-hybridized carbons (Fsp3) is 0.541. The number of nitrogens with zero attached hydrogens (tertiary/aromatic N) is 4. The molecular formula is C37H40N4O2. The van der Waals surface area contributed by atoms with Crippen LogP contribution in [0.1, 0.15) is 67.6 Å². The molecule has 6 heteroatoms. The quantitative estimate of drug-likeness (QED) is 0.432. The summed E-state index contributed by atoms with van der Waals surface area (Å²) in [4.78, 5) is 22.4. The van der Waals surface area contributed by atoms with Crippen molar-refractivity contribution in [2.24, 2.45) is 28.7 Å². The number of rotatable bonds is 5. The average Bonchev–Trinajstić information content (AvgIpc) is 3.31. The highest BCUT2D eigenvalue weighted by Crippen LogP contribution is 2.59. The van der Waals surface area contributed by atoms with Gasteiger partial charge in [0.1, 0.15) is 18.2 Å². The Morgan fingerprint density at radius 3 is 2.86 bits per heavy atom. The summed E-state index contributed by atoms with van der Waals surface area (Å²) in [6.45, 7) is 7.42. The lowest BCUT2D eigenvalue weighted by atomic mass is 9.61. The van der Waals surface area contributed by atoms with Crippen LogP contribution in [0.3, 0.4) is 0 Å². The first-order valence-electron chi connectivity index (χ1n) is 16.6. The molecule has 2 saturated carbocycles. The molecule has 7 atom stereocenters. The molecular weight excluding hydrogens is 532 g/mol. The van der Waals surface area contributed by atoms with Gasteiger partial charge in [0.2, 0.25) is 11.8 Å². The third-order valence-electron chi connectivity index (χ3n) is 12.5.